The Kier molecular flexibility index (Phi) is 7.08. The monoisotopic (exact) mass is 517 g/mol. The molecular formula is C23H21F6N3O4. The molecule has 0 saturated carbocycles. The zero-order valence-electron chi connectivity index (χ0n) is 18.7. The Labute approximate surface area is 201 Å². The number of nitrogens with zero attached hydrogens (tertiary/aromatic N) is 2. The summed E-state index contributed by atoms with van der Waals surface area (Å²) in [5, 5.41) is 9.54. The number of hydrogen-bond acceptors (Lipinski definition) is 4. The van der Waals surface area contributed by atoms with Crippen LogP contribution in [0.2, 0.25) is 0 Å². The Morgan fingerprint density at radius 3 is 2.11 bits per heavy atom. The van der Waals surface area contributed by atoms with E-state index in [4.69, 9.17) is 5.73 Å². The second-order valence-corrected chi connectivity index (χ2v) is 8.22. The Hall–Kier alpha value is -3.61. The molecule has 3 rings (SSSR count). The van der Waals surface area contributed by atoms with Crippen LogP contribution in [0.25, 0.3) is 11.1 Å². The highest BCUT2D eigenvalue weighted by atomic mass is 19.4. The predicted octanol–water partition coefficient (Wildman–Crippen LogP) is 2.97. The Bertz CT molecular complexity index is 1180. The molecule has 194 valence electrons. The van der Waals surface area contributed by atoms with E-state index < -0.39 is 61.2 Å². The van der Waals surface area contributed by atoms with E-state index in [1.165, 1.54) is 42.5 Å². The Balaban J connectivity index is 2.33. The average Bonchev–Trinajstić information content (AvgIpc) is 2.90. The van der Waals surface area contributed by atoms with Gasteiger partial charge in [-0.1, -0.05) is 42.5 Å². The lowest BCUT2D eigenvalue weighted by Gasteiger charge is -2.38. The quantitative estimate of drug-likeness (QED) is 0.436. The van der Waals surface area contributed by atoms with Crippen LogP contribution in [0.15, 0.2) is 48.5 Å². The molecule has 0 radical (unpaired) electrons. The van der Waals surface area contributed by atoms with Crippen LogP contribution in [-0.2, 0) is 14.4 Å². The Morgan fingerprint density at radius 2 is 1.56 bits per heavy atom. The lowest BCUT2D eigenvalue weighted by molar-refractivity contribution is -0.286. The number of benzene rings is 2. The maximum absolute atomic E-state index is 15.0. The third kappa shape index (κ3) is 4.62. The van der Waals surface area contributed by atoms with Crippen LogP contribution in [0.1, 0.15) is 18.5 Å². The molecule has 0 saturated heterocycles. The molecule has 0 spiro atoms. The van der Waals surface area contributed by atoms with E-state index in [0.29, 0.717) is 12.5 Å². The summed E-state index contributed by atoms with van der Waals surface area (Å²) in [5.74, 6) is -10.9. The highest BCUT2D eigenvalue weighted by Gasteiger charge is 2.61. The first kappa shape index (κ1) is 27.0. The van der Waals surface area contributed by atoms with Gasteiger partial charge < -0.3 is 20.6 Å². The van der Waals surface area contributed by atoms with Crippen LogP contribution in [0.4, 0.5) is 32.0 Å². The minimum atomic E-state index is -6.17. The SMILES string of the molecule is CC(F)(C(N)=O)C(=O)N(CC(F)(F)C(F)(F)F)[C@@H]1C(=O)N(CCO)c2ccccc2-c2ccccc21. The molecule has 3 amide bonds. The zero-order valence-corrected chi connectivity index (χ0v) is 18.7. The zero-order chi connectivity index (χ0) is 27.1. The molecule has 2 atom stereocenters. The minimum absolute atomic E-state index is 0.166. The summed E-state index contributed by atoms with van der Waals surface area (Å²) in [6, 6.07) is 9.34. The molecule has 0 bridgehead atoms. The summed E-state index contributed by atoms with van der Waals surface area (Å²) in [6.07, 6.45) is -6.17. The van der Waals surface area contributed by atoms with Crippen molar-refractivity contribution in [2.24, 2.45) is 5.73 Å². The number of halogens is 6. The van der Waals surface area contributed by atoms with Crippen molar-refractivity contribution in [2.45, 2.75) is 30.7 Å². The van der Waals surface area contributed by atoms with Crippen molar-refractivity contribution in [3.05, 3.63) is 54.1 Å². The summed E-state index contributed by atoms with van der Waals surface area (Å²) in [7, 11) is 0. The number of para-hydroxylation sites is 1. The molecular weight excluding hydrogens is 496 g/mol. The molecule has 1 aliphatic rings. The molecule has 36 heavy (non-hydrogen) atoms. The van der Waals surface area contributed by atoms with E-state index in [1.807, 2.05) is 0 Å². The summed E-state index contributed by atoms with van der Waals surface area (Å²) in [5.41, 5.74) is 1.66. The van der Waals surface area contributed by atoms with Crippen molar-refractivity contribution in [3.8, 4) is 11.1 Å². The third-order valence-corrected chi connectivity index (χ3v) is 5.78. The first-order valence-corrected chi connectivity index (χ1v) is 10.5. The number of β-amino-alcohol motifs (C(OH)–C–C–N with tert-alkyl or cyclic N) is 1. The van der Waals surface area contributed by atoms with Crippen molar-refractivity contribution >= 4 is 23.4 Å². The van der Waals surface area contributed by atoms with Gasteiger partial charge in [-0.15, -0.1) is 0 Å². The van der Waals surface area contributed by atoms with Gasteiger partial charge >= 0.3 is 12.1 Å². The number of aliphatic hydroxyl groups is 1. The number of fused-ring (bicyclic) bond motifs is 3. The van der Waals surface area contributed by atoms with E-state index >= 15 is 4.39 Å². The molecule has 3 N–H and O–H groups in total. The average molecular weight is 517 g/mol. The fraction of sp³-hybridized carbons (Fsp3) is 0.348. The molecule has 0 aliphatic carbocycles. The van der Waals surface area contributed by atoms with E-state index in [1.54, 1.807) is 6.07 Å². The van der Waals surface area contributed by atoms with Crippen LogP contribution < -0.4 is 10.6 Å². The number of anilines is 1. The summed E-state index contributed by atoms with van der Waals surface area (Å²) in [4.78, 5) is 38.9. The fourth-order valence-electron chi connectivity index (χ4n) is 3.91. The fourth-order valence-corrected chi connectivity index (χ4v) is 3.91. The number of aliphatic hydroxyl groups excluding tert-OH is 1. The highest BCUT2D eigenvalue weighted by molar-refractivity contribution is 6.11. The minimum Gasteiger partial charge on any atom is -0.395 e. The number of alkyl halides is 6. The van der Waals surface area contributed by atoms with Gasteiger partial charge in [0.1, 0.15) is 6.04 Å². The number of rotatable bonds is 7. The standard InChI is InChI=1S/C23H21F6N3O4/c1-21(24,19(30)35)20(36)32(12-22(25,26)23(27,28)29)17-15-8-3-2-6-13(15)14-7-4-5-9-16(14)31(10-11-33)18(17)34/h2-9,17,33H,10-12H2,1H3,(H2,30,35)/t17-,21?/m0/s1. The molecule has 0 fully saturated rings. The van der Waals surface area contributed by atoms with E-state index in [2.05, 4.69) is 0 Å². The number of carbonyl (C=O) groups excluding carboxylic acids is 3. The van der Waals surface area contributed by atoms with Gasteiger partial charge in [0.2, 0.25) is 0 Å². The van der Waals surface area contributed by atoms with Gasteiger partial charge in [-0.25, -0.2) is 4.39 Å². The van der Waals surface area contributed by atoms with E-state index in [0.717, 1.165) is 4.90 Å². The largest absolute Gasteiger partial charge is 0.455 e. The van der Waals surface area contributed by atoms with Crippen molar-refractivity contribution < 1.29 is 45.8 Å². The Morgan fingerprint density at radius 1 is 1.00 bits per heavy atom. The molecule has 2 aromatic rings. The van der Waals surface area contributed by atoms with Gasteiger partial charge in [-0.05, 0) is 24.1 Å². The third-order valence-electron chi connectivity index (χ3n) is 5.78. The first-order valence-electron chi connectivity index (χ1n) is 10.5. The maximum atomic E-state index is 15.0. The number of primary amides is 1. The second kappa shape index (κ2) is 9.45. The lowest BCUT2D eigenvalue weighted by Crippen LogP contribution is -2.59. The second-order valence-electron chi connectivity index (χ2n) is 8.22. The summed E-state index contributed by atoms with van der Waals surface area (Å²) < 4.78 is 83.1. The molecule has 7 nitrogen and oxygen atoms in total. The van der Waals surface area contributed by atoms with Crippen molar-refractivity contribution in [1.82, 2.24) is 4.90 Å². The van der Waals surface area contributed by atoms with Crippen molar-refractivity contribution in [3.63, 3.8) is 0 Å². The number of hydrogen-bond donors (Lipinski definition) is 2. The topological polar surface area (TPSA) is 104 Å². The number of nitrogens with two attached hydrogens (primary N) is 1. The van der Waals surface area contributed by atoms with Gasteiger partial charge in [0.25, 0.3) is 23.4 Å². The van der Waals surface area contributed by atoms with Gasteiger partial charge in [0.15, 0.2) is 0 Å². The number of carbonyl (C=O) groups is 3. The molecule has 1 aliphatic heterocycles. The van der Waals surface area contributed by atoms with Crippen molar-refractivity contribution in [2.75, 3.05) is 24.6 Å². The maximum Gasteiger partial charge on any atom is 0.455 e. The summed E-state index contributed by atoms with van der Waals surface area (Å²) >= 11 is 0. The highest BCUT2D eigenvalue weighted by Crippen LogP contribution is 2.44. The van der Waals surface area contributed by atoms with Crippen LogP contribution in [0.3, 0.4) is 0 Å². The van der Waals surface area contributed by atoms with Gasteiger partial charge in [0, 0.05) is 12.1 Å². The van der Waals surface area contributed by atoms with Crippen LogP contribution in [0, 0.1) is 0 Å². The van der Waals surface area contributed by atoms with E-state index in [-0.39, 0.29) is 21.7 Å². The van der Waals surface area contributed by atoms with Crippen LogP contribution >= 0.6 is 0 Å². The molecule has 0 aromatic heterocycles. The molecule has 1 unspecified atom stereocenters. The van der Waals surface area contributed by atoms with E-state index in [9.17, 15) is 41.4 Å². The number of amides is 3. The van der Waals surface area contributed by atoms with Gasteiger partial charge in [-0.2, -0.15) is 22.0 Å². The van der Waals surface area contributed by atoms with Crippen LogP contribution in [0.5, 0.6) is 0 Å². The van der Waals surface area contributed by atoms with Crippen molar-refractivity contribution in [1.29, 1.82) is 0 Å². The summed E-state index contributed by atoms with van der Waals surface area (Å²) in [6.45, 7) is -3.24. The first-order chi connectivity index (χ1) is 16.6. The normalized spacial score (nSPS) is 17.5. The predicted molar refractivity (Wildman–Crippen MR) is 115 cm³/mol. The lowest BCUT2D eigenvalue weighted by atomic mass is 9.93. The van der Waals surface area contributed by atoms with Crippen LogP contribution in [-0.4, -0.2) is 65.2 Å². The molecule has 1 heterocycles. The molecule has 2 aromatic carbocycles. The van der Waals surface area contributed by atoms with Gasteiger partial charge in [0.05, 0.1) is 18.8 Å². The molecule has 13 heteroatoms. The van der Waals surface area contributed by atoms with Gasteiger partial charge in [-0.3, -0.25) is 14.4 Å². The smallest absolute Gasteiger partial charge is 0.395 e.